The smallest absolute Gasteiger partial charge is 0.354 e. The molecule has 7 nitrogen and oxygen atoms in total. The Morgan fingerprint density at radius 2 is 1.95 bits per heavy atom. The van der Waals surface area contributed by atoms with Crippen LogP contribution in [0.15, 0.2) is 17.6 Å². The minimum absolute atomic E-state index is 0.0415. The fourth-order valence-electron chi connectivity index (χ4n) is 2.27. The fraction of sp³-hybridized carbons (Fsp3) is 0.385. The topological polar surface area (TPSA) is 82.5 Å². The maximum Gasteiger partial charge on any atom is 0.354 e. The highest BCUT2D eigenvalue weighted by atomic mass is 32.1. The van der Waals surface area contributed by atoms with Crippen molar-refractivity contribution in [2.45, 2.75) is 6.92 Å². The second-order valence-corrected chi connectivity index (χ2v) is 5.66. The molecule has 0 unspecified atom stereocenters. The van der Waals surface area contributed by atoms with E-state index in [4.69, 9.17) is 5.11 Å². The molecule has 0 atom stereocenters. The van der Waals surface area contributed by atoms with Crippen molar-refractivity contribution < 1.29 is 9.90 Å². The van der Waals surface area contributed by atoms with E-state index in [9.17, 15) is 4.79 Å². The number of hydrogen-bond acceptors (Lipinski definition) is 7. The van der Waals surface area contributed by atoms with Crippen molar-refractivity contribution in [2.24, 2.45) is 0 Å². The zero-order valence-electron chi connectivity index (χ0n) is 11.6. The summed E-state index contributed by atoms with van der Waals surface area (Å²) in [5.41, 5.74) is 0.708. The van der Waals surface area contributed by atoms with E-state index in [1.165, 1.54) is 6.07 Å². The summed E-state index contributed by atoms with van der Waals surface area (Å²) in [6.45, 7) is 4.94. The molecular weight excluding hydrogens is 290 g/mol. The Bertz CT molecular complexity index is 638. The van der Waals surface area contributed by atoms with Crippen molar-refractivity contribution >= 4 is 28.4 Å². The van der Waals surface area contributed by atoms with Gasteiger partial charge in [-0.25, -0.2) is 19.7 Å². The first kappa shape index (κ1) is 13.7. The molecule has 21 heavy (non-hydrogen) atoms. The van der Waals surface area contributed by atoms with Crippen LogP contribution in [-0.4, -0.2) is 52.2 Å². The number of thiazole rings is 1. The lowest BCUT2D eigenvalue weighted by Gasteiger charge is -2.34. The number of aromatic carboxylic acids is 1. The Balaban J connectivity index is 1.73. The van der Waals surface area contributed by atoms with Gasteiger partial charge in [0, 0.05) is 43.4 Å². The lowest BCUT2D eigenvalue weighted by Crippen LogP contribution is -2.47. The van der Waals surface area contributed by atoms with E-state index >= 15 is 0 Å². The van der Waals surface area contributed by atoms with Crippen LogP contribution in [0.4, 0.5) is 11.1 Å². The first-order valence-corrected chi connectivity index (χ1v) is 7.50. The molecule has 2 aromatic rings. The molecule has 0 amide bonds. The molecule has 0 aromatic carbocycles. The molecule has 3 heterocycles. The van der Waals surface area contributed by atoms with Gasteiger partial charge in [0.15, 0.2) is 10.8 Å². The summed E-state index contributed by atoms with van der Waals surface area (Å²) in [4.78, 5) is 28.1. The third-order valence-corrected chi connectivity index (χ3v) is 4.15. The van der Waals surface area contributed by atoms with Crippen LogP contribution in [0.25, 0.3) is 0 Å². The number of carboxylic acid groups (broad SMARTS) is 1. The van der Waals surface area contributed by atoms with Crippen molar-refractivity contribution in [3.05, 3.63) is 29.0 Å². The quantitative estimate of drug-likeness (QED) is 0.914. The first-order chi connectivity index (χ1) is 10.1. The monoisotopic (exact) mass is 305 g/mol. The van der Waals surface area contributed by atoms with Crippen molar-refractivity contribution in [1.82, 2.24) is 15.0 Å². The van der Waals surface area contributed by atoms with Gasteiger partial charge in [0.1, 0.15) is 0 Å². The highest BCUT2D eigenvalue weighted by molar-refractivity contribution is 7.13. The molecule has 1 N–H and O–H groups in total. The summed E-state index contributed by atoms with van der Waals surface area (Å²) in [7, 11) is 0. The number of carboxylic acids is 1. The van der Waals surface area contributed by atoms with Crippen LogP contribution in [0, 0.1) is 6.92 Å². The summed E-state index contributed by atoms with van der Waals surface area (Å²) < 4.78 is 0. The van der Waals surface area contributed by atoms with Crippen LogP contribution in [0.5, 0.6) is 0 Å². The standard InChI is InChI=1S/C13H15N5O2S/c1-9-8-10(11(19)20)16-12(15-9)17-3-5-18(6-4-17)13-14-2-7-21-13/h2,7-8H,3-6H2,1H3,(H,19,20). The summed E-state index contributed by atoms with van der Waals surface area (Å²) in [6.07, 6.45) is 1.80. The lowest BCUT2D eigenvalue weighted by molar-refractivity contribution is 0.0690. The third kappa shape index (κ3) is 2.94. The number of aromatic nitrogens is 3. The molecule has 0 bridgehead atoms. The number of nitrogens with zero attached hydrogens (tertiary/aromatic N) is 5. The number of carbonyl (C=O) groups is 1. The first-order valence-electron chi connectivity index (χ1n) is 6.62. The number of rotatable bonds is 3. The predicted octanol–water partition coefficient (Wildman–Crippen LogP) is 1.27. The molecule has 0 saturated carbocycles. The van der Waals surface area contributed by atoms with E-state index in [1.54, 1.807) is 24.5 Å². The predicted molar refractivity (Wildman–Crippen MR) is 80.3 cm³/mol. The second-order valence-electron chi connectivity index (χ2n) is 4.79. The third-order valence-electron chi connectivity index (χ3n) is 3.31. The SMILES string of the molecule is Cc1cc(C(=O)O)nc(N2CCN(c3nccs3)CC2)n1. The second kappa shape index (κ2) is 5.65. The molecular formula is C13H15N5O2S. The van der Waals surface area contributed by atoms with Crippen LogP contribution in [0.3, 0.4) is 0 Å². The Morgan fingerprint density at radius 3 is 2.57 bits per heavy atom. The van der Waals surface area contributed by atoms with Crippen molar-refractivity contribution in [3.63, 3.8) is 0 Å². The van der Waals surface area contributed by atoms with Gasteiger partial charge in [0.25, 0.3) is 0 Å². The van der Waals surface area contributed by atoms with Gasteiger partial charge in [-0.05, 0) is 13.0 Å². The Hall–Kier alpha value is -2.22. The average Bonchev–Trinajstić information content (AvgIpc) is 3.01. The van der Waals surface area contributed by atoms with Crippen LogP contribution >= 0.6 is 11.3 Å². The Morgan fingerprint density at radius 1 is 1.24 bits per heavy atom. The fourth-order valence-corrected chi connectivity index (χ4v) is 2.97. The van der Waals surface area contributed by atoms with Gasteiger partial charge in [-0.2, -0.15) is 0 Å². The van der Waals surface area contributed by atoms with E-state index in [0.717, 1.165) is 31.3 Å². The minimum Gasteiger partial charge on any atom is -0.477 e. The zero-order valence-corrected chi connectivity index (χ0v) is 12.4. The molecule has 1 saturated heterocycles. The van der Waals surface area contributed by atoms with E-state index in [-0.39, 0.29) is 5.69 Å². The van der Waals surface area contributed by atoms with E-state index in [1.807, 2.05) is 10.3 Å². The van der Waals surface area contributed by atoms with Crippen molar-refractivity contribution in [2.75, 3.05) is 36.0 Å². The maximum absolute atomic E-state index is 11.1. The van der Waals surface area contributed by atoms with Crippen molar-refractivity contribution in [3.8, 4) is 0 Å². The normalized spacial score (nSPS) is 15.3. The molecule has 3 rings (SSSR count). The number of anilines is 2. The summed E-state index contributed by atoms with van der Waals surface area (Å²) in [5.74, 6) is -0.533. The lowest BCUT2D eigenvalue weighted by atomic mass is 10.3. The van der Waals surface area contributed by atoms with Crippen LogP contribution < -0.4 is 9.80 Å². The van der Waals surface area contributed by atoms with E-state index in [0.29, 0.717) is 11.6 Å². The molecule has 2 aromatic heterocycles. The van der Waals surface area contributed by atoms with Gasteiger partial charge in [-0.1, -0.05) is 0 Å². The van der Waals surface area contributed by atoms with E-state index in [2.05, 4.69) is 19.9 Å². The maximum atomic E-state index is 11.1. The van der Waals surface area contributed by atoms with E-state index < -0.39 is 5.97 Å². The molecule has 0 spiro atoms. The molecule has 1 aliphatic rings. The van der Waals surface area contributed by atoms with Gasteiger partial charge in [0.2, 0.25) is 5.95 Å². The largest absolute Gasteiger partial charge is 0.477 e. The van der Waals surface area contributed by atoms with Crippen LogP contribution in [-0.2, 0) is 0 Å². The number of aryl methyl sites for hydroxylation is 1. The average molecular weight is 305 g/mol. The van der Waals surface area contributed by atoms with Gasteiger partial charge >= 0.3 is 5.97 Å². The molecule has 110 valence electrons. The number of piperazine rings is 1. The molecule has 1 fully saturated rings. The Labute approximate surface area is 125 Å². The summed E-state index contributed by atoms with van der Waals surface area (Å²) >= 11 is 1.62. The van der Waals surface area contributed by atoms with Gasteiger partial charge in [-0.3, -0.25) is 0 Å². The van der Waals surface area contributed by atoms with Crippen LogP contribution in [0.2, 0.25) is 0 Å². The molecule has 8 heteroatoms. The summed E-state index contributed by atoms with van der Waals surface area (Å²) in [5, 5.41) is 12.1. The van der Waals surface area contributed by atoms with Crippen molar-refractivity contribution in [1.29, 1.82) is 0 Å². The molecule has 0 aliphatic carbocycles. The highest BCUT2D eigenvalue weighted by Gasteiger charge is 2.21. The Kier molecular flexibility index (Phi) is 3.70. The zero-order chi connectivity index (χ0) is 14.8. The van der Waals surface area contributed by atoms with Crippen LogP contribution in [0.1, 0.15) is 16.2 Å². The molecule has 1 aliphatic heterocycles. The van der Waals surface area contributed by atoms with Gasteiger partial charge in [-0.15, -0.1) is 11.3 Å². The van der Waals surface area contributed by atoms with Gasteiger partial charge < -0.3 is 14.9 Å². The molecule has 0 radical (unpaired) electrons. The van der Waals surface area contributed by atoms with Gasteiger partial charge in [0.05, 0.1) is 0 Å². The number of hydrogen-bond donors (Lipinski definition) is 1. The summed E-state index contributed by atoms with van der Waals surface area (Å²) in [6, 6.07) is 1.48. The minimum atomic E-state index is -1.02. The highest BCUT2D eigenvalue weighted by Crippen LogP contribution is 2.20.